The van der Waals surface area contributed by atoms with Crippen LogP contribution in [0, 0.1) is 17.2 Å². The van der Waals surface area contributed by atoms with Gasteiger partial charge >= 0.3 is 0 Å². The van der Waals surface area contributed by atoms with Gasteiger partial charge in [-0.25, -0.2) is 0 Å². The number of rotatable bonds is 6. The van der Waals surface area contributed by atoms with Gasteiger partial charge < -0.3 is 10.1 Å². The first-order valence-corrected chi connectivity index (χ1v) is 6.03. The highest BCUT2D eigenvalue weighted by atomic mass is 16.5. The molecule has 0 aromatic rings. The smallest absolute Gasteiger partial charge is 0.0638 e. The van der Waals surface area contributed by atoms with E-state index in [1.165, 1.54) is 0 Å². The van der Waals surface area contributed by atoms with Gasteiger partial charge in [-0.15, -0.1) is 0 Å². The molecule has 1 heterocycles. The zero-order valence-corrected chi connectivity index (χ0v) is 9.83. The summed E-state index contributed by atoms with van der Waals surface area (Å²) in [6.45, 7) is 6.20. The van der Waals surface area contributed by atoms with E-state index in [9.17, 15) is 0 Å². The molecule has 3 nitrogen and oxygen atoms in total. The van der Waals surface area contributed by atoms with E-state index in [1.807, 2.05) is 0 Å². The molecule has 0 aliphatic carbocycles. The number of hydrogen-bond acceptors (Lipinski definition) is 3. The number of nitriles is 1. The monoisotopic (exact) mass is 210 g/mol. The molecule has 0 aromatic heterocycles. The molecule has 0 spiro atoms. The zero-order chi connectivity index (χ0) is 11.1. The van der Waals surface area contributed by atoms with E-state index in [0.29, 0.717) is 24.5 Å². The summed E-state index contributed by atoms with van der Waals surface area (Å²) in [5.41, 5.74) is 0. The molecule has 1 saturated heterocycles. The van der Waals surface area contributed by atoms with Crippen molar-refractivity contribution in [3.8, 4) is 6.07 Å². The van der Waals surface area contributed by atoms with Gasteiger partial charge in [0, 0.05) is 19.2 Å². The Hall–Kier alpha value is -0.590. The first kappa shape index (κ1) is 12.5. The summed E-state index contributed by atoms with van der Waals surface area (Å²) in [4.78, 5) is 0. The minimum atomic E-state index is 0.355. The molecule has 15 heavy (non-hydrogen) atoms. The van der Waals surface area contributed by atoms with Crippen LogP contribution in [0.25, 0.3) is 0 Å². The Labute approximate surface area is 92.8 Å². The van der Waals surface area contributed by atoms with Crippen molar-refractivity contribution in [2.45, 2.75) is 51.7 Å². The molecule has 3 atom stereocenters. The molecule has 1 fully saturated rings. The van der Waals surface area contributed by atoms with Crippen LogP contribution in [0.5, 0.6) is 0 Å². The minimum absolute atomic E-state index is 0.355. The zero-order valence-electron chi connectivity index (χ0n) is 9.83. The third kappa shape index (κ3) is 3.81. The van der Waals surface area contributed by atoms with Crippen molar-refractivity contribution in [1.29, 1.82) is 5.26 Å². The third-order valence-electron chi connectivity index (χ3n) is 3.25. The number of nitrogens with one attached hydrogen (secondary N) is 1. The highest BCUT2D eigenvalue weighted by molar-refractivity contribution is 4.83. The van der Waals surface area contributed by atoms with Gasteiger partial charge in [0.05, 0.1) is 18.6 Å². The van der Waals surface area contributed by atoms with Gasteiger partial charge in [0.15, 0.2) is 0 Å². The van der Waals surface area contributed by atoms with Gasteiger partial charge in [0.1, 0.15) is 0 Å². The predicted octanol–water partition coefficient (Wildman–Crippen LogP) is 2.08. The van der Waals surface area contributed by atoms with Crippen LogP contribution in [0.3, 0.4) is 0 Å². The first-order valence-electron chi connectivity index (χ1n) is 6.03. The van der Waals surface area contributed by atoms with E-state index in [2.05, 4.69) is 25.2 Å². The Morgan fingerprint density at radius 2 is 2.33 bits per heavy atom. The summed E-state index contributed by atoms with van der Waals surface area (Å²) in [6, 6.07) is 2.58. The largest absolute Gasteiger partial charge is 0.378 e. The van der Waals surface area contributed by atoms with Crippen LogP contribution in [0.1, 0.15) is 39.5 Å². The second kappa shape index (κ2) is 6.81. The molecule has 86 valence electrons. The van der Waals surface area contributed by atoms with E-state index in [4.69, 9.17) is 10.00 Å². The lowest BCUT2D eigenvalue weighted by molar-refractivity contribution is 0.0866. The van der Waals surface area contributed by atoms with Crippen LogP contribution in [-0.4, -0.2) is 25.3 Å². The summed E-state index contributed by atoms with van der Waals surface area (Å²) in [5.74, 6) is 0.641. The molecule has 0 amide bonds. The van der Waals surface area contributed by atoms with Crippen molar-refractivity contribution >= 4 is 0 Å². The predicted molar refractivity (Wildman–Crippen MR) is 60.4 cm³/mol. The third-order valence-corrected chi connectivity index (χ3v) is 3.25. The lowest BCUT2D eigenvalue weighted by atomic mass is 9.99. The highest BCUT2D eigenvalue weighted by Gasteiger charge is 2.26. The van der Waals surface area contributed by atoms with Gasteiger partial charge in [-0.1, -0.05) is 13.8 Å². The summed E-state index contributed by atoms with van der Waals surface area (Å²) >= 11 is 0. The normalized spacial score (nSPS) is 27.5. The highest BCUT2D eigenvalue weighted by Crippen LogP contribution is 2.22. The molecule has 0 bridgehead atoms. The summed E-state index contributed by atoms with van der Waals surface area (Å²) in [6.07, 6.45) is 4.33. The average molecular weight is 210 g/mol. The van der Waals surface area contributed by atoms with Crippen LogP contribution >= 0.6 is 0 Å². The number of ether oxygens (including phenoxy) is 1. The Bertz CT molecular complexity index is 212. The molecule has 1 N–H and O–H groups in total. The van der Waals surface area contributed by atoms with Crippen molar-refractivity contribution < 1.29 is 4.74 Å². The van der Waals surface area contributed by atoms with Crippen LogP contribution in [0.15, 0.2) is 0 Å². The first-order chi connectivity index (χ1) is 7.31. The average Bonchev–Trinajstić information content (AvgIpc) is 2.71. The molecule has 3 unspecified atom stereocenters. The Kier molecular flexibility index (Phi) is 5.67. The number of hydrogen-bond donors (Lipinski definition) is 1. The molecule has 0 radical (unpaired) electrons. The van der Waals surface area contributed by atoms with Crippen molar-refractivity contribution in [2.24, 2.45) is 5.92 Å². The molecular weight excluding hydrogens is 188 g/mol. The van der Waals surface area contributed by atoms with Crippen LogP contribution in [0.2, 0.25) is 0 Å². The maximum Gasteiger partial charge on any atom is 0.0638 e. The molecular formula is C12H22N2O. The standard InChI is InChI=1S/C12H22N2O/c1-3-11(5-7-13)14-9-10-6-8-15-12(10)4-2/h10-12,14H,3-6,8-9H2,1-2H3. The van der Waals surface area contributed by atoms with E-state index >= 15 is 0 Å². The quantitative estimate of drug-likeness (QED) is 0.730. The lowest BCUT2D eigenvalue weighted by Gasteiger charge is -2.20. The number of nitrogens with zero attached hydrogens (tertiary/aromatic N) is 1. The van der Waals surface area contributed by atoms with Crippen molar-refractivity contribution in [2.75, 3.05) is 13.2 Å². The Balaban J connectivity index is 2.26. The maximum atomic E-state index is 8.64. The molecule has 0 saturated carbocycles. The fourth-order valence-electron chi connectivity index (χ4n) is 2.17. The summed E-state index contributed by atoms with van der Waals surface area (Å²) in [5, 5.41) is 12.1. The molecule has 1 aliphatic heterocycles. The van der Waals surface area contributed by atoms with Gasteiger partial charge in [0.25, 0.3) is 0 Å². The Morgan fingerprint density at radius 1 is 1.53 bits per heavy atom. The summed E-state index contributed by atoms with van der Waals surface area (Å²) in [7, 11) is 0. The van der Waals surface area contributed by atoms with Crippen LogP contribution in [0.4, 0.5) is 0 Å². The molecule has 1 aliphatic rings. The van der Waals surface area contributed by atoms with Gasteiger partial charge in [-0.2, -0.15) is 5.26 Å². The van der Waals surface area contributed by atoms with E-state index < -0.39 is 0 Å². The van der Waals surface area contributed by atoms with Crippen molar-refractivity contribution in [3.63, 3.8) is 0 Å². The molecule has 1 rings (SSSR count). The van der Waals surface area contributed by atoms with E-state index in [0.717, 1.165) is 32.4 Å². The second-order valence-electron chi connectivity index (χ2n) is 4.24. The van der Waals surface area contributed by atoms with Crippen molar-refractivity contribution in [1.82, 2.24) is 5.32 Å². The lowest BCUT2D eigenvalue weighted by Crippen LogP contribution is -2.35. The Morgan fingerprint density at radius 3 is 2.93 bits per heavy atom. The molecule has 0 aromatic carbocycles. The fraction of sp³-hybridized carbons (Fsp3) is 0.917. The fourth-order valence-corrected chi connectivity index (χ4v) is 2.17. The SMILES string of the molecule is CCC(CC#N)NCC1CCOC1CC. The van der Waals surface area contributed by atoms with Gasteiger partial charge in [-0.05, 0) is 25.2 Å². The maximum absolute atomic E-state index is 8.64. The molecule has 3 heteroatoms. The van der Waals surface area contributed by atoms with Gasteiger partial charge in [0.2, 0.25) is 0 Å². The van der Waals surface area contributed by atoms with Crippen LogP contribution < -0.4 is 5.32 Å². The topological polar surface area (TPSA) is 45.0 Å². The summed E-state index contributed by atoms with van der Waals surface area (Å²) < 4.78 is 5.64. The van der Waals surface area contributed by atoms with Crippen LogP contribution in [-0.2, 0) is 4.74 Å². The minimum Gasteiger partial charge on any atom is -0.378 e. The van der Waals surface area contributed by atoms with E-state index in [-0.39, 0.29) is 0 Å². The van der Waals surface area contributed by atoms with E-state index in [1.54, 1.807) is 0 Å². The van der Waals surface area contributed by atoms with Gasteiger partial charge in [-0.3, -0.25) is 0 Å². The van der Waals surface area contributed by atoms with Crippen molar-refractivity contribution in [3.05, 3.63) is 0 Å². The second-order valence-corrected chi connectivity index (χ2v) is 4.24.